The highest BCUT2D eigenvalue weighted by atomic mass is 16.5. The van der Waals surface area contributed by atoms with E-state index in [2.05, 4.69) is 61.4 Å². The molecule has 0 aliphatic carbocycles. The van der Waals surface area contributed by atoms with Crippen LogP contribution in [0.4, 0.5) is 5.69 Å². The number of rotatable bonds is 28. The van der Waals surface area contributed by atoms with Gasteiger partial charge in [0.1, 0.15) is 0 Å². The summed E-state index contributed by atoms with van der Waals surface area (Å²) in [6.07, 6.45) is 25.8. The molecule has 1 aromatic carbocycles. The molecule has 0 spiro atoms. The molecule has 0 radical (unpaired) electrons. The minimum Gasteiger partial charge on any atom is -0.384 e. The van der Waals surface area contributed by atoms with E-state index in [1.807, 2.05) is 0 Å². The summed E-state index contributed by atoms with van der Waals surface area (Å²) in [5.74, 6) is 0. The van der Waals surface area contributed by atoms with Crippen LogP contribution < -0.4 is 11.1 Å². The van der Waals surface area contributed by atoms with E-state index < -0.39 is 0 Å². The lowest BCUT2D eigenvalue weighted by Gasteiger charge is -2.10. The van der Waals surface area contributed by atoms with Gasteiger partial charge < -0.3 is 20.5 Å². The third-order valence-electron chi connectivity index (χ3n) is 7.90. The Bertz CT molecular complexity index is 846. The summed E-state index contributed by atoms with van der Waals surface area (Å²) in [5.41, 5.74) is 8.81. The van der Waals surface area contributed by atoms with Crippen LogP contribution in [-0.2, 0) is 9.47 Å². The van der Waals surface area contributed by atoms with E-state index in [4.69, 9.17) is 15.2 Å². The summed E-state index contributed by atoms with van der Waals surface area (Å²) in [6, 6.07) is 10.5. The molecule has 0 aliphatic rings. The average Bonchev–Trinajstić information content (AvgIpc) is 3.02. The maximum atomic E-state index is 5.70. The minimum atomic E-state index is 0.848. The summed E-state index contributed by atoms with van der Waals surface area (Å²) >= 11 is 0. The van der Waals surface area contributed by atoms with Gasteiger partial charge in [-0.3, -0.25) is 4.98 Å². The number of aromatic nitrogens is 1. The van der Waals surface area contributed by atoms with Crippen LogP contribution in [0.2, 0.25) is 0 Å². The molecule has 0 unspecified atom stereocenters. The molecule has 0 fully saturated rings. The Morgan fingerprint density at radius 3 is 1.60 bits per heavy atom. The summed E-state index contributed by atoms with van der Waals surface area (Å²) in [7, 11) is 0. The highest BCUT2D eigenvalue weighted by molar-refractivity contribution is 5.91. The Hall–Kier alpha value is -1.69. The van der Waals surface area contributed by atoms with E-state index in [1.54, 1.807) is 0 Å². The molecule has 1 heterocycles. The van der Waals surface area contributed by atoms with Crippen LogP contribution in [0.1, 0.15) is 148 Å². The summed E-state index contributed by atoms with van der Waals surface area (Å²) in [4.78, 5) is 4.60. The number of nitrogens with zero attached hydrogens (tertiary/aromatic N) is 1. The number of benzene rings is 1. The number of pyridine rings is 1. The van der Waals surface area contributed by atoms with E-state index in [1.165, 1.54) is 139 Å². The van der Waals surface area contributed by atoms with E-state index in [9.17, 15) is 0 Å². The second-order valence-electron chi connectivity index (χ2n) is 12.1. The number of unbranched alkanes of at least 4 members (excludes halogenated alkanes) is 16. The van der Waals surface area contributed by atoms with Gasteiger partial charge in [-0.05, 0) is 64.1 Å². The number of ether oxygens (including phenoxy) is 2. The van der Waals surface area contributed by atoms with E-state index in [0.717, 1.165) is 50.7 Å². The number of fused-ring (bicyclic) bond motifs is 1. The largest absolute Gasteiger partial charge is 0.384 e. The predicted octanol–water partition coefficient (Wildman–Crippen LogP) is 10.8. The van der Waals surface area contributed by atoms with Crippen LogP contribution in [0.5, 0.6) is 0 Å². The van der Waals surface area contributed by atoms with E-state index in [-0.39, 0.29) is 0 Å². The molecule has 2 aromatic rings. The molecule has 43 heavy (non-hydrogen) atoms. The summed E-state index contributed by atoms with van der Waals surface area (Å²) in [6.45, 7) is 12.3. The monoisotopic (exact) mass is 600 g/mol. The van der Waals surface area contributed by atoms with Crippen molar-refractivity contribution in [1.82, 2.24) is 4.98 Å². The molecule has 5 nitrogen and oxygen atoms in total. The number of aryl methyl sites for hydroxylation is 1. The van der Waals surface area contributed by atoms with Crippen molar-refractivity contribution < 1.29 is 9.47 Å². The van der Waals surface area contributed by atoms with Crippen LogP contribution >= 0.6 is 0 Å². The lowest BCUT2D eigenvalue weighted by atomic mass is 10.1. The van der Waals surface area contributed by atoms with Crippen LogP contribution in [-0.4, -0.2) is 44.5 Å². The number of hydrogen-bond acceptors (Lipinski definition) is 5. The number of anilines is 1. The molecule has 0 saturated carbocycles. The standard InChI is InChI=1S/C24H38N2O.C14H31NO/c1-3-4-5-13-18-27-19-14-9-7-6-8-12-17-25-24-20-21(2)26-23-16-11-10-15-22(23)24;1-2-3-4-10-13-16-14-11-8-6-5-7-9-12-15/h10-11,15-16,20H,3-9,12-14,17-19H2,1-2H3,(H,25,26);2-15H2,1H3. The number of hydrogen-bond donors (Lipinski definition) is 2. The lowest BCUT2D eigenvalue weighted by Crippen LogP contribution is -2.03. The van der Waals surface area contributed by atoms with E-state index >= 15 is 0 Å². The smallest absolute Gasteiger partial charge is 0.0725 e. The van der Waals surface area contributed by atoms with Crippen molar-refractivity contribution in [1.29, 1.82) is 0 Å². The van der Waals surface area contributed by atoms with Crippen LogP contribution in [0.25, 0.3) is 10.9 Å². The Balaban J connectivity index is 0.000000496. The normalized spacial score (nSPS) is 11.1. The first-order chi connectivity index (χ1) is 21.2. The second-order valence-corrected chi connectivity index (χ2v) is 12.1. The fourth-order valence-corrected chi connectivity index (χ4v) is 5.23. The van der Waals surface area contributed by atoms with Crippen LogP contribution in [0.15, 0.2) is 30.3 Å². The molecule has 0 bridgehead atoms. The van der Waals surface area contributed by atoms with Crippen molar-refractivity contribution >= 4 is 16.6 Å². The van der Waals surface area contributed by atoms with Gasteiger partial charge in [0.15, 0.2) is 0 Å². The molecule has 248 valence electrons. The number of para-hydroxylation sites is 1. The van der Waals surface area contributed by atoms with Gasteiger partial charge in [-0.1, -0.05) is 122 Å². The number of nitrogens with one attached hydrogen (secondary N) is 1. The lowest BCUT2D eigenvalue weighted by molar-refractivity contribution is 0.125. The van der Waals surface area contributed by atoms with E-state index in [0.29, 0.717) is 0 Å². The SMILES string of the molecule is CCCCCCOCCCCCCCCN.CCCCCCOCCCCCCCCNc1cc(C)nc2ccccc12. The zero-order valence-corrected chi connectivity index (χ0v) is 28.6. The van der Waals surface area contributed by atoms with Crippen LogP contribution in [0.3, 0.4) is 0 Å². The Morgan fingerprint density at radius 1 is 0.605 bits per heavy atom. The third-order valence-corrected chi connectivity index (χ3v) is 7.90. The Labute approximate surface area is 266 Å². The molecule has 3 N–H and O–H groups in total. The Kier molecular flexibility index (Phi) is 27.8. The molecule has 2 rings (SSSR count). The maximum Gasteiger partial charge on any atom is 0.0725 e. The van der Waals surface area contributed by atoms with Crippen molar-refractivity contribution in [3.8, 4) is 0 Å². The fourth-order valence-electron chi connectivity index (χ4n) is 5.23. The van der Waals surface area contributed by atoms with Gasteiger partial charge in [-0.15, -0.1) is 0 Å². The first kappa shape index (κ1) is 39.3. The molecular formula is C38H69N3O2. The molecule has 0 aliphatic heterocycles. The molecular weight excluding hydrogens is 530 g/mol. The quantitative estimate of drug-likeness (QED) is 0.0952. The van der Waals surface area contributed by atoms with Crippen molar-refractivity contribution in [2.45, 2.75) is 149 Å². The van der Waals surface area contributed by atoms with Gasteiger partial charge in [0.2, 0.25) is 0 Å². The summed E-state index contributed by atoms with van der Waals surface area (Å²) < 4.78 is 11.3. The van der Waals surface area contributed by atoms with Gasteiger partial charge in [-0.2, -0.15) is 0 Å². The zero-order valence-electron chi connectivity index (χ0n) is 28.6. The third kappa shape index (κ3) is 23.4. The average molecular weight is 600 g/mol. The van der Waals surface area contributed by atoms with Gasteiger partial charge in [0.25, 0.3) is 0 Å². The highest BCUT2D eigenvalue weighted by Gasteiger charge is 2.03. The molecule has 0 amide bonds. The fraction of sp³-hybridized carbons (Fsp3) is 0.763. The zero-order chi connectivity index (χ0) is 31.1. The van der Waals surface area contributed by atoms with Crippen LogP contribution in [0, 0.1) is 6.92 Å². The molecule has 5 heteroatoms. The van der Waals surface area contributed by atoms with Gasteiger partial charge in [-0.25, -0.2) is 0 Å². The van der Waals surface area contributed by atoms with Crippen molar-refractivity contribution in [2.75, 3.05) is 44.8 Å². The van der Waals surface area contributed by atoms with Gasteiger partial charge in [0.05, 0.1) is 5.52 Å². The topological polar surface area (TPSA) is 69.4 Å². The number of nitrogens with two attached hydrogens (primary N) is 1. The minimum absolute atomic E-state index is 0.848. The van der Waals surface area contributed by atoms with Crippen molar-refractivity contribution in [3.05, 3.63) is 36.0 Å². The van der Waals surface area contributed by atoms with Crippen molar-refractivity contribution in [3.63, 3.8) is 0 Å². The highest BCUT2D eigenvalue weighted by Crippen LogP contribution is 2.23. The molecule has 0 atom stereocenters. The van der Waals surface area contributed by atoms with Crippen molar-refractivity contribution in [2.24, 2.45) is 5.73 Å². The first-order valence-electron chi connectivity index (χ1n) is 18.2. The van der Waals surface area contributed by atoms with Gasteiger partial charge >= 0.3 is 0 Å². The van der Waals surface area contributed by atoms with Gasteiger partial charge in [0, 0.05) is 49.7 Å². The summed E-state index contributed by atoms with van der Waals surface area (Å²) in [5, 5.41) is 4.83. The molecule has 0 saturated heterocycles. The predicted molar refractivity (Wildman–Crippen MR) is 189 cm³/mol. The second kappa shape index (κ2) is 30.3. The Morgan fingerprint density at radius 2 is 1.07 bits per heavy atom. The first-order valence-corrected chi connectivity index (χ1v) is 18.2. The maximum absolute atomic E-state index is 5.70. The molecule has 1 aromatic heterocycles.